The SMILES string of the molecule is CN(CCSCCN)Cc1ccccc1. The molecule has 1 aromatic carbocycles. The summed E-state index contributed by atoms with van der Waals surface area (Å²) < 4.78 is 0. The van der Waals surface area contributed by atoms with Gasteiger partial charge < -0.3 is 10.6 Å². The Labute approximate surface area is 96.8 Å². The highest BCUT2D eigenvalue weighted by molar-refractivity contribution is 7.99. The van der Waals surface area contributed by atoms with Crippen LogP contribution in [-0.2, 0) is 6.54 Å². The topological polar surface area (TPSA) is 29.3 Å². The Kier molecular flexibility index (Phi) is 6.48. The highest BCUT2D eigenvalue weighted by Crippen LogP contribution is 2.04. The van der Waals surface area contributed by atoms with Gasteiger partial charge in [-0.05, 0) is 12.6 Å². The second kappa shape index (κ2) is 7.74. The summed E-state index contributed by atoms with van der Waals surface area (Å²) in [5.41, 5.74) is 6.81. The summed E-state index contributed by atoms with van der Waals surface area (Å²) in [6.45, 7) is 2.94. The van der Waals surface area contributed by atoms with Crippen molar-refractivity contribution in [1.29, 1.82) is 0 Å². The molecule has 0 saturated carbocycles. The van der Waals surface area contributed by atoms with Crippen LogP contribution < -0.4 is 5.73 Å². The van der Waals surface area contributed by atoms with Crippen LogP contribution in [0, 0.1) is 0 Å². The average molecular weight is 224 g/mol. The Morgan fingerprint density at radius 2 is 1.93 bits per heavy atom. The summed E-state index contributed by atoms with van der Waals surface area (Å²) in [6, 6.07) is 10.6. The van der Waals surface area contributed by atoms with Gasteiger partial charge in [-0.1, -0.05) is 30.3 Å². The summed E-state index contributed by atoms with van der Waals surface area (Å²) >= 11 is 1.93. The molecule has 0 bridgehead atoms. The van der Waals surface area contributed by atoms with Gasteiger partial charge in [0.25, 0.3) is 0 Å². The van der Waals surface area contributed by atoms with Crippen molar-refractivity contribution in [2.45, 2.75) is 6.54 Å². The molecule has 15 heavy (non-hydrogen) atoms. The van der Waals surface area contributed by atoms with Crippen LogP contribution in [0.3, 0.4) is 0 Å². The molecular weight excluding hydrogens is 204 g/mol. The minimum Gasteiger partial charge on any atom is -0.330 e. The third-order valence-corrected chi connectivity index (χ3v) is 3.17. The van der Waals surface area contributed by atoms with Gasteiger partial charge in [-0.2, -0.15) is 11.8 Å². The first-order valence-electron chi connectivity index (χ1n) is 5.33. The fourth-order valence-corrected chi connectivity index (χ4v) is 2.19. The van der Waals surface area contributed by atoms with Crippen LogP contribution in [0.1, 0.15) is 5.56 Å². The van der Waals surface area contributed by atoms with Crippen molar-refractivity contribution in [3.63, 3.8) is 0 Å². The highest BCUT2D eigenvalue weighted by atomic mass is 32.2. The van der Waals surface area contributed by atoms with Gasteiger partial charge in [0.05, 0.1) is 0 Å². The molecule has 0 aliphatic carbocycles. The lowest BCUT2D eigenvalue weighted by Gasteiger charge is -2.16. The van der Waals surface area contributed by atoms with Gasteiger partial charge in [-0.3, -0.25) is 0 Å². The van der Waals surface area contributed by atoms with Crippen LogP contribution in [0.2, 0.25) is 0 Å². The number of benzene rings is 1. The summed E-state index contributed by atoms with van der Waals surface area (Å²) in [6.07, 6.45) is 0. The van der Waals surface area contributed by atoms with E-state index in [1.54, 1.807) is 0 Å². The van der Waals surface area contributed by atoms with Gasteiger partial charge in [0, 0.05) is 31.1 Å². The number of rotatable bonds is 7. The van der Waals surface area contributed by atoms with E-state index in [0.29, 0.717) is 0 Å². The summed E-state index contributed by atoms with van der Waals surface area (Å²) in [5.74, 6) is 2.24. The standard InChI is InChI=1S/C12H20N2S/c1-14(8-10-15-9-7-13)11-12-5-3-2-4-6-12/h2-6H,7-11,13H2,1H3. The quantitative estimate of drug-likeness (QED) is 0.716. The van der Waals surface area contributed by atoms with Crippen molar-refractivity contribution in [3.05, 3.63) is 35.9 Å². The number of thioether (sulfide) groups is 1. The first kappa shape index (κ1) is 12.6. The molecule has 3 heteroatoms. The van der Waals surface area contributed by atoms with E-state index in [4.69, 9.17) is 5.73 Å². The van der Waals surface area contributed by atoms with Gasteiger partial charge in [0.15, 0.2) is 0 Å². The van der Waals surface area contributed by atoms with Crippen molar-refractivity contribution < 1.29 is 0 Å². The van der Waals surface area contributed by atoms with Crippen LogP contribution in [0.4, 0.5) is 0 Å². The van der Waals surface area contributed by atoms with Crippen molar-refractivity contribution >= 4 is 11.8 Å². The van der Waals surface area contributed by atoms with E-state index in [2.05, 4.69) is 42.3 Å². The molecule has 0 unspecified atom stereocenters. The van der Waals surface area contributed by atoms with E-state index in [-0.39, 0.29) is 0 Å². The third kappa shape index (κ3) is 5.82. The minimum absolute atomic E-state index is 0.785. The Morgan fingerprint density at radius 1 is 1.20 bits per heavy atom. The Bertz CT molecular complexity index is 251. The predicted molar refractivity (Wildman–Crippen MR) is 69.2 cm³/mol. The fraction of sp³-hybridized carbons (Fsp3) is 0.500. The van der Waals surface area contributed by atoms with Crippen molar-refractivity contribution in [2.24, 2.45) is 5.73 Å². The summed E-state index contributed by atoms with van der Waals surface area (Å²) in [7, 11) is 2.16. The van der Waals surface area contributed by atoms with Gasteiger partial charge >= 0.3 is 0 Å². The minimum atomic E-state index is 0.785. The lowest BCUT2D eigenvalue weighted by atomic mass is 10.2. The van der Waals surface area contributed by atoms with E-state index in [0.717, 1.165) is 25.4 Å². The van der Waals surface area contributed by atoms with Crippen LogP contribution in [0.15, 0.2) is 30.3 Å². The molecule has 2 nitrogen and oxygen atoms in total. The van der Waals surface area contributed by atoms with Crippen LogP contribution in [0.25, 0.3) is 0 Å². The average Bonchev–Trinajstić information content (AvgIpc) is 2.26. The van der Waals surface area contributed by atoms with E-state index < -0.39 is 0 Å². The Balaban J connectivity index is 2.16. The predicted octanol–water partition coefficient (Wildman–Crippen LogP) is 1.81. The Morgan fingerprint density at radius 3 is 2.60 bits per heavy atom. The van der Waals surface area contributed by atoms with Crippen LogP contribution in [-0.4, -0.2) is 36.5 Å². The molecule has 1 rings (SSSR count). The Hall–Kier alpha value is -0.510. The number of hydrogen-bond acceptors (Lipinski definition) is 3. The molecule has 0 radical (unpaired) electrons. The molecule has 0 aliphatic heterocycles. The van der Waals surface area contributed by atoms with Crippen LogP contribution >= 0.6 is 11.8 Å². The van der Waals surface area contributed by atoms with Crippen molar-refractivity contribution in [1.82, 2.24) is 4.90 Å². The zero-order chi connectivity index (χ0) is 10.9. The zero-order valence-corrected chi connectivity index (χ0v) is 10.2. The molecule has 0 fully saturated rings. The normalized spacial score (nSPS) is 10.9. The molecule has 0 spiro atoms. The maximum atomic E-state index is 5.43. The van der Waals surface area contributed by atoms with E-state index in [1.807, 2.05) is 11.8 Å². The maximum absolute atomic E-state index is 5.43. The molecule has 0 aromatic heterocycles. The highest BCUT2D eigenvalue weighted by Gasteiger charge is 1.99. The molecule has 0 heterocycles. The molecule has 2 N–H and O–H groups in total. The molecule has 1 aromatic rings. The largest absolute Gasteiger partial charge is 0.330 e. The zero-order valence-electron chi connectivity index (χ0n) is 9.36. The molecule has 0 amide bonds. The molecule has 84 valence electrons. The summed E-state index contributed by atoms with van der Waals surface area (Å²) in [5, 5.41) is 0. The van der Waals surface area contributed by atoms with Gasteiger partial charge in [-0.25, -0.2) is 0 Å². The lowest BCUT2D eigenvalue weighted by Crippen LogP contribution is -2.21. The first-order valence-corrected chi connectivity index (χ1v) is 6.48. The molecular formula is C12H20N2S. The smallest absolute Gasteiger partial charge is 0.0231 e. The first-order chi connectivity index (χ1) is 7.33. The summed E-state index contributed by atoms with van der Waals surface area (Å²) in [4.78, 5) is 2.35. The molecule has 0 aliphatic rings. The monoisotopic (exact) mass is 224 g/mol. The van der Waals surface area contributed by atoms with Gasteiger partial charge in [0.1, 0.15) is 0 Å². The second-order valence-corrected chi connectivity index (χ2v) is 4.85. The van der Waals surface area contributed by atoms with E-state index >= 15 is 0 Å². The van der Waals surface area contributed by atoms with Gasteiger partial charge in [-0.15, -0.1) is 0 Å². The number of nitrogens with zero attached hydrogens (tertiary/aromatic N) is 1. The molecule has 0 atom stereocenters. The molecule has 0 saturated heterocycles. The lowest BCUT2D eigenvalue weighted by molar-refractivity contribution is 0.348. The van der Waals surface area contributed by atoms with E-state index in [1.165, 1.54) is 11.3 Å². The van der Waals surface area contributed by atoms with Crippen LogP contribution in [0.5, 0.6) is 0 Å². The van der Waals surface area contributed by atoms with Crippen molar-refractivity contribution in [2.75, 3.05) is 31.6 Å². The van der Waals surface area contributed by atoms with Crippen molar-refractivity contribution in [3.8, 4) is 0 Å². The van der Waals surface area contributed by atoms with Gasteiger partial charge in [0.2, 0.25) is 0 Å². The maximum Gasteiger partial charge on any atom is 0.0231 e. The number of nitrogens with two attached hydrogens (primary N) is 1. The van der Waals surface area contributed by atoms with E-state index in [9.17, 15) is 0 Å². The fourth-order valence-electron chi connectivity index (χ4n) is 1.38. The second-order valence-electron chi connectivity index (χ2n) is 3.62. The third-order valence-electron chi connectivity index (χ3n) is 2.17. The number of hydrogen-bond donors (Lipinski definition) is 1.